The lowest BCUT2D eigenvalue weighted by atomic mass is 10.1. The Bertz CT molecular complexity index is 1240. The van der Waals surface area contributed by atoms with E-state index in [1.807, 2.05) is 4.57 Å². The number of benzene rings is 2. The van der Waals surface area contributed by atoms with E-state index in [9.17, 15) is 0 Å². The van der Waals surface area contributed by atoms with E-state index in [1.165, 1.54) is 29.8 Å². The van der Waals surface area contributed by atoms with Crippen LogP contribution >= 0.6 is 0 Å². The molecular weight excluding hydrogens is 432 g/mol. The molecule has 1 aliphatic rings. The number of fused-ring (bicyclic) bond motifs is 2. The fourth-order valence-electron chi connectivity index (χ4n) is 3.85. The maximum atomic E-state index is 8.60. The van der Waals surface area contributed by atoms with Gasteiger partial charge in [0.05, 0.1) is 12.4 Å². The summed E-state index contributed by atoms with van der Waals surface area (Å²) in [7, 11) is 1.46. The minimum Gasteiger partial charge on any atom is -0.382 e. The summed E-state index contributed by atoms with van der Waals surface area (Å²) >= 11 is 0. The average molecular weight is 465 g/mol. The smallest absolute Gasteiger partial charge is 0.167 e. The lowest BCUT2D eigenvalue weighted by Gasteiger charge is -2.16. The van der Waals surface area contributed by atoms with Crippen molar-refractivity contribution in [3.05, 3.63) is 60.7 Å². The van der Waals surface area contributed by atoms with Crippen LogP contribution in [0.4, 0.5) is 5.82 Å². The molecule has 0 amide bonds. The number of ether oxygens (including phenoxy) is 2. The van der Waals surface area contributed by atoms with Crippen molar-refractivity contribution in [3.63, 3.8) is 0 Å². The molecule has 4 N–H and O–H groups in total. The van der Waals surface area contributed by atoms with Crippen molar-refractivity contribution in [2.24, 2.45) is 0 Å². The van der Waals surface area contributed by atoms with Crippen LogP contribution in [0.3, 0.4) is 0 Å². The number of methoxy groups -OCH3 is 1. The number of nitrogen functional groups attached to an aromatic ring is 1. The Morgan fingerprint density at radius 1 is 1.15 bits per heavy atom. The molecule has 0 radical (unpaired) electrons. The SMILES string of the molecule is COC(C)(C)O.Nc1ncnc2c1ncn2C1CCC(CNCc2ccc3ccccc3c2)O1. The van der Waals surface area contributed by atoms with E-state index < -0.39 is 5.79 Å². The highest BCUT2D eigenvalue weighted by Crippen LogP contribution is 2.30. The third kappa shape index (κ3) is 5.87. The van der Waals surface area contributed by atoms with Crippen LogP contribution < -0.4 is 11.1 Å². The van der Waals surface area contributed by atoms with Gasteiger partial charge in [-0.25, -0.2) is 15.0 Å². The van der Waals surface area contributed by atoms with Crippen molar-refractivity contribution in [2.45, 2.75) is 51.4 Å². The summed E-state index contributed by atoms with van der Waals surface area (Å²) in [5.41, 5.74) is 8.51. The van der Waals surface area contributed by atoms with Crippen molar-refractivity contribution in [2.75, 3.05) is 19.4 Å². The van der Waals surface area contributed by atoms with Crippen LogP contribution in [-0.4, -0.2) is 50.2 Å². The van der Waals surface area contributed by atoms with Crippen molar-refractivity contribution in [1.29, 1.82) is 0 Å². The molecule has 1 aliphatic heterocycles. The Labute approximate surface area is 198 Å². The van der Waals surface area contributed by atoms with Gasteiger partial charge in [0.1, 0.15) is 18.1 Å². The number of nitrogens with one attached hydrogen (secondary N) is 1. The predicted molar refractivity (Wildman–Crippen MR) is 132 cm³/mol. The third-order valence-electron chi connectivity index (χ3n) is 5.80. The van der Waals surface area contributed by atoms with Crippen molar-refractivity contribution < 1.29 is 14.6 Å². The summed E-state index contributed by atoms with van der Waals surface area (Å²) in [6, 6.07) is 15.0. The zero-order valence-electron chi connectivity index (χ0n) is 19.8. The number of hydrogen-bond donors (Lipinski definition) is 3. The molecule has 2 aromatic heterocycles. The van der Waals surface area contributed by atoms with Crippen molar-refractivity contribution in [3.8, 4) is 0 Å². The fraction of sp³-hybridized carbons (Fsp3) is 0.400. The van der Waals surface area contributed by atoms with E-state index in [4.69, 9.17) is 15.6 Å². The molecule has 4 aromatic rings. The summed E-state index contributed by atoms with van der Waals surface area (Å²) in [4.78, 5) is 12.6. The second-order valence-electron chi connectivity index (χ2n) is 8.84. The molecule has 0 aliphatic carbocycles. The minimum atomic E-state index is -0.958. The van der Waals surface area contributed by atoms with Gasteiger partial charge in [0.15, 0.2) is 17.3 Å². The summed E-state index contributed by atoms with van der Waals surface area (Å²) in [5, 5.41) is 14.7. The molecule has 1 fully saturated rings. The minimum absolute atomic E-state index is 0.0632. The second kappa shape index (κ2) is 10.4. The van der Waals surface area contributed by atoms with Gasteiger partial charge in [-0.2, -0.15) is 0 Å². The summed E-state index contributed by atoms with van der Waals surface area (Å²) in [6.07, 6.45) is 5.24. The highest BCUT2D eigenvalue weighted by Gasteiger charge is 2.28. The first-order chi connectivity index (χ1) is 16.3. The summed E-state index contributed by atoms with van der Waals surface area (Å²) in [6.45, 7) is 4.79. The third-order valence-corrected chi connectivity index (χ3v) is 5.80. The predicted octanol–water partition coefficient (Wildman–Crippen LogP) is 3.39. The molecule has 0 bridgehead atoms. The molecule has 2 unspecified atom stereocenters. The van der Waals surface area contributed by atoms with E-state index in [0.717, 1.165) is 31.6 Å². The van der Waals surface area contributed by atoms with Crippen LogP contribution in [0, 0.1) is 0 Å². The van der Waals surface area contributed by atoms with Gasteiger partial charge in [-0.05, 0) is 49.1 Å². The zero-order valence-corrected chi connectivity index (χ0v) is 19.8. The van der Waals surface area contributed by atoms with Crippen LogP contribution in [-0.2, 0) is 16.0 Å². The van der Waals surface area contributed by atoms with Crippen LogP contribution in [0.2, 0.25) is 0 Å². The molecule has 0 saturated carbocycles. The number of anilines is 1. The van der Waals surface area contributed by atoms with Gasteiger partial charge in [0, 0.05) is 20.2 Å². The Hall–Kier alpha value is -3.11. The van der Waals surface area contributed by atoms with Crippen LogP contribution in [0.15, 0.2) is 55.1 Å². The van der Waals surface area contributed by atoms with Gasteiger partial charge in [0.2, 0.25) is 0 Å². The Morgan fingerprint density at radius 2 is 1.91 bits per heavy atom. The molecule has 0 spiro atoms. The molecule has 1 saturated heterocycles. The number of aromatic nitrogens is 4. The average Bonchev–Trinajstić information content (AvgIpc) is 3.47. The summed E-state index contributed by atoms with van der Waals surface area (Å²) < 4.78 is 12.7. The number of imidazole rings is 1. The topological polar surface area (TPSA) is 120 Å². The Balaban J connectivity index is 0.000000408. The lowest BCUT2D eigenvalue weighted by molar-refractivity contribution is -0.155. The van der Waals surface area contributed by atoms with Gasteiger partial charge < -0.3 is 25.6 Å². The molecule has 9 nitrogen and oxygen atoms in total. The highest BCUT2D eigenvalue weighted by atomic mass is 16.6. The van der Waals surface area contributed by atoms with E-state index in [0.29, 0.717) is 11.3 Å². The molecule has 3 heterocycles. The van der Waals surface area contributed by atoms with Gasteiger partial charge >= 0.3 is 0 Å². The Kier molecular flexibility index (Phi) is 7.38. The molecule has 180 valence electrons. The van der Waals surface area contributed by atoms with Gasteiger partial charge in [-0.1, -0.05) is 36.4 Å². The quantitative estimate of drug-likeness (QED) is 0.372. The molecule has 2 aromatic carbocycles. The standard InChI is InChI=1S/C21H22N6O.C4H10O2/c22-20-19-21(25-12-24-20)27(13-26-19)18-8-7-17(28-18)11-23-10-14-5-6-15-3-1-2-4-16(15)9-14;1-4(2,5)6-3/h1-6,9,12-13,17-18,23H,7-8,10-11H2,(H2,22,24,25);5H,1-3H3. The highest BCUT2D eigenvalue weighted by molar-refractivity contribution is 5.83. The number of aliphatic hydroxyl groups is 1. The van der Waals surface area contributed by atoms with E-state index >= 15 is 0 Å². The van der Waals surface area contributed by atoms with Crippen molar-refractivity contribution >= 4 is 27.8 Å². The van der Waals surface area contributed by atoms with Crippen LogP contribution in [0.5, 0.6) is 0 Å². The van der Waals surface area contributed by atoms with E-state index in [1.54, 1.807) is 20.2 Å². The van der Waals surface area contributed by atoms with E-state index in [-0.39, 0.29) is 12.3 Å². The van der Waals surface area contributed by atoms with Gasteiger partial charge in [0.25, 0.3) is 0 Å². The first-order valence-corrected chi connectivity index (χ1v) is 11.4. The molecule has 9 heteroatoms. The monoisotopic (exact) mass is 464 g/mol. The number of nitrogens with two attached hydrogens (primary N) is 1. The number of hydrogen-bond acceptors (Lipinski definition) is 8. The normalized spacial score (nSPS) is 18.2. The summed E-state index contributed by atoms with van der Waals surface area (Å²) in [5.74, 6) is -0.560. The maximum absolute atomic E-state index is 8.60. The first kappa shape index (κ1) is 24.0. The molecular formula is C25H32N6O3. The Morgan fingerprint density at radius 3 is 2.68 bits per heavy atom. The fourth-order valence-corrected chi connectivity index (χ4v) is 3.85. The van der Waals surface area contributed by atoms with Gasteiger partial charge in [-0.3, -0.25) is 4.57 Å². The van der Waals surface area contributed by atoms with Crippen LogP contribution in [0.1, 0.15) is 38.5 Å². The molecule has 2 atom stereocenters. The molecule has 5 rings (SSSR count). The van der Waals surface area contributed by atoms with E-state index in [2.05, 4.69) is 67.5 Å². The lowest BCUT2D eigenvalue weighted by Crippen LogP contribution is -2.26. The van der Waals surface area contributed by atoms with Crippen molar-refractivity contribution in [1.82, 2.24) is 24.8 Å². The van der Waals surface area contributed by atoms with Crippen LogP contribution in [0.25, 0.3) is 21.9 Å². The number of rotatable bonds is 6. The zero-order chi connectivity index (χ0) is 24.1. The van der Waals surface area contributed by atoms with Gasteiger partial charge in [-0.15, -0.1) is 0 Å². The maximum Gasteiger partial charge on any atom is 0.167 e. The number of nitrogens with zero attached hydrogens (tertiary/aromatic N) is 4. The molecule has 34 heavy (non-hydrogen) atoms. The first-order valence-electron chi connectivity index (χ1n) is 11.4. The largest absolute Gasteiger partial charge is 0.382 e. The second-order valence-corrected chi connectivity index (χ2v) is 8.84.